The summed E-state index contributed by atoms with van der Waals surface area (Å²) in [6.07, 6.45) is -9.75. The lowest BCUT2D eigenvalue weighted by Gasteiger charge is -2.15. The van der Waals surface area contributed by atoms with Crippen LogP contribution >= 0.6 is 0 Å². The summed E-state index contributed by atoms with van der Waals surface area (Å²) in [7, 11) is 0. The number of nitrogens with one attached hydrogen (secondary N) is 1. The highest BCUT2D eigenvalue weighted by Crippen LogP contribution is 2.36. The molecule has 0 saturated carbocycles. The fourth-order valence-corrected chi connectivity index (χ4v) is 2.10. The normalized spacial score (nSPS) is 12.3. The molecule has 0 spiro atoms. The molecule has 0 amide bonds. The van der Waals surface area contributed by atoms with E-state index in [1.165, 1.54) is 6.07 Å². The maximum absolute atomic E-state index is 12.8. The Morgan fingerprint density at radius 3 is 1.88 bits per heavy atom. The number of hydrogen-bond donors (Lipinski definition) is 1. The Balaban J connectivity index is 2.28. The molecule has 0 unspecified atom stereocenters. The van der Waals surface area contributed by atoms with Gasteiger partial charge in [-0.3, -0.25) is 0 Å². The van der Waals surface area contributed by atoms with Crippen molar-refractivity contribution in [2.45, 2.75) is 25.5 Å². The van der Waals surface area contributed by atoms with Crippen LogP contribution in [0.25, 0.3) is 0 Å². The lowest BCUT2D eigenvalue weighted by molar-refractivity contribution is -0.143. The van der Waals surface area contributed by atoms with Crippen LogP contribution in [0.5, 0.6) is 0 Å². The first kappa shape index (κ1) is 18.1. The lowest BCUT2D eigenvalue weighted by Crippen LogP contribution is -2.13. The van der Waals surface area contributed by atoms with Gasteiger partial charge in [0, 0.05) is 12.2 Å². The van der Waals surface area contributed by atoms with Crippen molar-refractivity contribution in [2.24, 2.45) is 0 Å². The van der Waals surface area contributed by atoms with Crippen LogP contribution in [0.4, 0.5) is 32.0 Å². The van der Waals surface area contributed by atoms with Crippen LogP contribution in [0.3, 0.4) is 0 Å². The predicted molar refractivity (Wildman–Crippen MR) is 74.6 cm³/mol. The quantitative estimate of drug-likeness (QED) is 0.750. The zero-order valence-corrected chi connectivity index (χ0v) is 12.1. The van der Waals surface area contributed by atoms with Gasteiger partial charge in [0.05, 0.1) is 11.1 Å². The summed E-state index contributed by atoms with van der Waals surface area (Å²) >= 11 is 0. The Morgan fingerprint density at radius 2 is 1.38 bits per heavy atom. The summed E-state index contributed by atoms with van der Waals surface area (Å²) in [5.41, 5.74) is -1.98. The van der Waals surface area contributed by atoms with Crippen LogP contribution in [0, 0.1) is 0 Å². The van der Waals surface area contributed by atoms with E-state index < -0.39 is 30.1 Å². The highest BCUT2D eigenvalue weighted by molar-refractivity contribution is 5.46. The summed E-state index contributed by atoms with van der Waals surface area (Å²) in [6, 6.07) is 7.62. The fourth-order valence-electron chi connectivity index (χ4n) is 2.10. The molecule has 24 heavy (non-hydrogen) atoms. The van der Waals surface area contributed by atoms with Gasteiger partial charge in [0.15, 0.2) is 0 Å². The summed E-state index contributed by atoms with van der Waals surface area (Å²) < 4.78 is 76.7. The molecule has 0 saturated heterocycles. The highest BCUT2D eigenvalue weighted by Gasteiger charge is 2.36. The number of anilines is 1. The molecule has 129 valence electrons. The number of benzene rings is 2. The third-order valence-corrected chi connectivity index (χ3v) is 3.24. The average molecular weight is 348 g/mol. The van der Waals surface area contributed by atoms with Crippen LogP contribution in [0.1, 0.15) is 22.3 Å². The summed E-state index contributed by atoms with van der Waals surface area (Å²) in [4.78, 5) is 0. The van der Waals surface area contributed by atoms with Crippen molar-refractivity contribution in [3.63, 3.8) is 0 Å². The summed E-state index contributed by atoms with van der Waals surface area (Å²) in [6.45, 7) is -0.716. The van der Waals surface area contributed by atoms with Crippen molar-refractivity contribution in [1.82, 2.24) is 0 Å². The van der Waals surface area contributed by atoms with Gasteiger partial charge in [-0.2, -0.15) is 26.3 Å². The van der Waals surface area contributed by atoms with Gasteiger partial charge in [-0.05, 0) is 41.5 Å². The third kappa shape index (κ3) is 4.64. The molecule has 0 aromatic heterocycles. The van der Waals surface area contributed by atoms with Gasteiger partial charge in [0.2, 0.25) is 0 Å². The molecule has 2 rings (SSSR count). The highest BCUT2D eigenvalue weighted by atomic mass is 19.4. The first-order valence-corrected chi connectivity index (χ1v) is 6.79. The van der Waals surface area contributed by atoms with Gasteiger partial charge in [0.1, 0.15) is 6.61 Å². The Hall–Kier alpha value is -2.22. The van der Waals surface area contributed by atoms with E-state index in [2.05, 4.69) is 5.32 Å². The number of alkyl halides is 6. The van der Waals surface area contributed by atoms with E-state index in [4.69, 9.17) is 0 Å². The minimum atomic E-state index is -4.88. The summed E-state index contributed by atoms with van der Waals surface area (Å²) in [5.74, 6) is 0. The molecule has 0 atom stereocenters. The molecule has 0 bridgehead atoms. The predicted octanol–water partition coefficient (Wildman–Crippen LogP) is 5.27. The standard InChI is InChI=1S/C16H12F6NO/c17-15(18,19)12-4-11(5-13(7-12)16(20,21)22)8-23-14-3-1-2-10(6-14)9-24/h1-7,23H,8-9H2. The monoisotopic (exact) mass is 348 g/mol. The molecule has 0 heterocycles. The van der Waals surface area contributed by atoms with E-state index in [-0.39, 0.29) is 18.2 Å². The molecule has 0 aliphatic carbocycles. The smallest absolute Gasteiger partial charge is 0.381 e. The first-order chi connectivity index (χ1) is 11.1. The Bertz CT molecular complexity index is 676. The van der Waals surface area contributed by atoms with Crippen molar-refractivity contribution in [2.75, 3.05) is 5.32 Å². The van der Waals surface area contributed by atoms with Crippen LogP contribution in [-0.4, -0.2) is 0 Å². The molecule has 0 aliphatic heterocycles. The minimum absolute atomic E-state index is 0.0849. The second-order valence-electron chi connectivity index (χ2n) is 5.11. The lowest BCUT2D eigenvalue weighted by atomic mass is 10.0. The van der Waals surface area contributed by atoms with Crippen molar-refractivity contribution in [1.29, 1.82) is 0 Å². The maximum atomic E-state index is 12.8. The number of hydrogen-bond acceptors (Lipinski definition) is 1. The molecule has 2 nitrogen and oxygen atoms in total. The minimum Gasteiger partial charge on any atom is -0.381 e. The molecule has 0 fully saturated rings. The van der Waals surface area contributed by atoms with Gasteiger partial charge in [0.25, 0.3) is 0 Å². The first-order valence-electron chi connectivity index (χ1n) is 6.79. The molecule has 8 heteroatoms. The zero-order valence-electron chi connectivity index (χ0n) is 12.1. The Labute approximate surface area is 133 Å². The van der Waals surface area contributed by atoms with Crippen LogP contribution in [0.2, 0.25) is 0 Å². The zero-order chi connectivity index (χ0) is 18.0. The van der Waals surface area contributed by atoms with E-state index in [1.54, 1.807) is 18.2 Å². The SMILES string of the molecule is [O]Cc1cccc(NCc2cc(C(F)(F)F)cc(C(F)(F)F)c2)c1. The molecule has 1 radical (unpaired) electrons. The van der Waals surface area contributed by atoms with Gasteiger partial charge >= 0.3 is 12.4 Å². The second-order valence-corrected chi connectivity index (χ2v) is 5.11. The fraction of sp³-hybridized carbons (Fsp3) is 0.250. The molecular weight excluding hydrogens is 336 g/mol. The van der Waals surface area contributed by atoms with Crippen LogP contribution < -0.4 is 5.32 Å². The Morgan fingerprint density at radius 1 is 0.792 bits per heavy atom. The van der Waals surface area contributed by atoms with E-state index in [9.17, 15) is 31.4 Å². The number of rotatable bonds is 4. The van der Waals surface area contributed by atoms with Gasteiger partial charge < -0.3 is 5.32 Å². The van der Waals surface area contributed by atoms with Crippen molar-refractivity contribution >= 4 is 5.69 Å². The molecule has 1 N–H and O–H groups in total. The molecule has 0 aliphatic rings. The van der Waals surface area contributed by atoms with Crippen molar-refractivity contribution < 1.29 is 31.4 Å². The van der Waals surface area contributed by atoms with E-state index in [0.717, 1.165) is 0 Å². The average Bonchev–Trinajstić information content (AvgIpc) is 2.51. The van der Waals surface area contributed by atoms with Crippen LogP contribution in [-0.2, 0) is 30.6 Å². The van der Waals surface area contributed by atoms with Gasteiger partial charge in [-0.25, -0.2) is 5.11 Å². The van der Waals surface area contributed by atoms with Crippen LogP contribution in [0.15, 0.2) is 42.5 Å². The maximum Gasteiger partial charge on any atom is 0.416 e. The molecule has 2 aromatic carbocycles. The molecular formula is C16H12F6NO. The second kappa shape index (κ2) is 6.72. The van der Waals surface area contributed by atoms with Gasteiger partial charge in [-0.15, -0.1) is 0 Å². The largest absolute Gasteiger partial charge is 0.416 e. The molecule has 2 aromatic rings. The van der Waals surface area contributed by atoms with E-state index in [0.29, 0.717) is 23.4 Å². The summed E-state index contributed by atoms with van der Waals surface area (Å²) in [5, 5.41) is 13.5. The van der Waals surface area contributed by atoms with Gasteiger partial charge in [-0.1, -0.05) is 12.1 Å². The topological polar surface area (TPSA) is 31.9 Å². The third-order valence-electron chi connectivity index (χ3n) is 3.24. The van der Waals surface area contributed by atoms with E-state index in [1.807, 2.05) is 0 Å². The number of halogens is 6. The van der Waals surface area contributed by atoms with Crippen molar-refractivity contribution in [3.05, 3.63) is 64.7 Å². The van der Waals surface area contributed by atoms with E-state index >= 15 is 0 Å². The Kier molecular flexibility index (Phi) is 5.08. The van der Waals surface area contributed by atoms with Crippen molar-refractivity contribution in [3.8, 4) is 0 Å².